The van der Waals surface area contributed by atoms with E-state index in [0.29, 0.717) is 27.9 Å². The normalized spacial score (nSPS) is 17.1. The molecule has 0 aliphatic carbocycles. The van der Waals surface area contributed by atoms with E-state index >= 15 is 0 Å². The van der Waals surface area contributed by atoms with Crippen molar-refractivity contribution in [2.24, 2.45) is 4.99 Å². The SMILES string of the molecule is C=CCN1C(=O)/C(=C/c2ccc(OC(CC)C(=O)O)cc2)SC1=Nc1ccc(C)cc1O. The Morgan fingerprint density at radius 2 is 2.00 bits per heavy atom. The third kappa shape index (κ3) is 5.39. The first-order valence-electron chi connectivity index (χ1n) is 10.0. The molecule has 2 aromatic carbocycles. The van der Waals surface area contributed by atoms with Crippen LogP contribution >= 0.6 is 11.8 Å². The van der Waals surface area contributed by atoms with Gasteiger partial charge < -0.3 is 14.9 Å². The van der Waals surface area contributed by atoms with Gasteiger partial charge in [-0.3, -0.25) is 9.69 Å². The Morgan fingerprint density at radius 1 is 1.28 bits per heavy atom. The summed E-state index contributed by atoms with van der Waals surface area (Å²) in [6, 6.07) is 12.0. The highest BCUT2D eigenvalue weighted by atomic mass is 32.2. The summed E-state index contributed by atoms with van der Waals surface area (Å²) in [6.45, 7) is 7.61. The van der Waals surface area contributed by atoms with E-state index in [-0.39, 0.29) is 18.2 Å². The molecule has 0 bridgehead atoms. The minimum absolute atomic E-state index is 0.0452. The lowest BCUT2D eigenvalue weighted by atomic mass is 10.2. The third-order valence-corrected chi connectivity index (χ3v) is 5.66. The molecule has 0 saturated carbocycles. The summed E-state index contributed by atoms with van der Waals surface area (Å²) in [5.41, 5.74) is 2.05. The van der Waals surface area contributed by atoms with Crippen LogP contribution in [0.5, 0.6) is 11.5 Å². The number of amides is 1. The Labute approximate surface area is 190 Å². The number of hydrogen-bond acceptors (Lipinski definition) is 6. The van der Waals surface area contributed by atoms with Gasteiger partial charge in [-0.25, -0.2) is 9.79 Å². The number of carbonyl (C=O) groups excluding carboxylic acids is 1. The van der Waals surface area contributed by atoms with E-state index < -0.39 is 12.1 Å². The molecule has 1 saturated heterocycles. The van der Waals surface area contributed by atoms with Crippen molar-refractivity contribution in [1.82, 2.24) is 4.90 Å². The molecule has 32 heavy (non-hydrogen) atoms. The van der Waals surface area contributed by atoms with Crippen LogP contribution in [0.3, 0.4) is 0 Å². The first-order chi connectivity index (χ1) is 15.3. The van der Waals surface area contributed by atoms with Gasteiger partial charge in [0.25, 0.3) is 5.91 Å². The van der Waals surface area contributed by atoms with Crippen LogP contribution in [0, 0.1) is 6.92 Å². The van der Waals surface area contributed by atoms with E-state index in [4.69, 9.17) is 9.84 Å². The third-order valence-electron chi connectivity index (χ3n) is 4.65. The summed E-state index contributed by atoms with van der Waals surface area (Å²) in [4.78, 5) is 30.5. The van der Waals surface area contributed by atoms with Crippen molar-refractivity contribution in [1.29, 1.82) is 0 Å². The molecular formula is C24H24N2O5S. The van der Waals surface area contributed by atoms with E-state index in [1.54, 1.807) is 55.5 Å². The van der Waals surface area contributed by atoms with E-state index in [2.05, 4.69) is 11.6 Å². The molecule has 0 spiro atoms. The topological polar surface area (TPSA) is 99.4 Å². The summed E-state index contributed by atoms with van der Waals surface area (Å²) in [7, 11) is 0. The fourth-order valence-electron chi connectivity index (χ4n) is 2.98. The largest absolute Gasteiger partial charge is 0.506 e. The Bertz CT molecular complexity index is 1090. The van der Waals surface area contributed by atoms with Gasteiger partial charge in [0.05, 0.1) is 4.91 Å². The summed E-state index contributed by atoms with van der Waals surface area (Å²) in [5, 5.41) is 19.7. The number of amidine groups is 1. The predicted octanol–water partition coefficient (Wildman–Crippen LogP) is 4.73. The average Bonchev–Trinajstić information content (AvgIpc) is 3.04. The van der Waals surface area contributed by atoms with Gasteiger partial charge >= 0.3 is 5.97 Å². The molecule has 2 N–H and O–H groups in total. The first kappa shape index (κ1) is 23.1. The molecular weight excluding hydrogens is 428 g/mol. The van der Waals surface area contributed by atoms with Gasteiger partial charge in [0.1, 0.15) is 17.2 Å². The van der Waals surface area contributed by atoms with Crippen LogP contribution in [-0.4, -0.2) is 44.8 Å². The molecule has 0 radical (unpaired) electrons. The van der Waals surface area contributed by atoms with E-state index in [0.717, 1.165) is 11.1 Å². The number of aryl methyl sites for hydroxylation is 1. The van der Waals surface area contributed by atoms with Crippen LogP contribution in [0.1, 0.15) is 24.5 Å². The second kappa shape index (κ2) is 10.2. The Balaban J connectivity index is 1.84. The lowest BCUT2D eigenvalue weighted by Crippen LogP contribution is -2.29. The van der Waals surface area contributed by atoms with Crippen LogP contribution in [-0.2, 0) is 9.59 Å². The number of nitrogens with zero attached hydrogens (tertiary/aromatic N) is 2. The second-order valence-corrected chi connectivity index (χ2v) is 8.13. The maximum absolute atomic E-state index is 12.9. The molecule has 1 atom stereocenters. The summed E-state index contributed by atoms with van der Waals surface area (Å²) < 4.78 is 5.47. The lowest BCUT2D eigenvalue weighted by Gasteiger charge is -2.13. The van der Waals surface area contributed by atoms with Gasteiger partial charge in [-0.15, -0.1) is 6.58 Å². The number of ether oxygens (including phenoxy) is 1. The number of carboxylic acid groups (broad SMARTS) is 1. The zero-order chi connectivity index (χ0) is 23.3. The van der Waals surface area contributed by atoms with E-state index in [9.17, 15) is 14.7 Å². The molecule has 1 heterocycles. The fraction of sp³-hybridized carbons (Fsp3) is 0.208. The number of benzene rings is 2. The van der Waals surface area contributed by atoms with Gasteiger partial charge in [0.2, 0.25) is 0 Å². The minimum atomic E-state index is -1.01. The zero-order valence-electron chi connectivity index (χ0n) is 17.8. The maximum Gasteiger partial charge on any atom is 0.344 e. The fourth-order valence-corrected chi connectivity index (χ4v) is 3.98. The highest BCUT2D eigenvalue weighted by Gasteiger charge is 2.32. The predicted molar refractivity (Wildman–Crippen MR) is 126 cm³/mol. The Morgan fingerprint density at radius 3 is 2.59 bits per heavy atom. The number of phenolic OH excluding ortho intramolecular Hbond substituents is 1. The van der Waals surface area contributed by atoms with Gasteiger partial charge in [-0.05, 0) is 66.6 Å². The standard InChI is InChI=1S/C24H24N2O5S/c1-4-12-26-22(28)21(32-24(26)25-18-11-6-15(3)13-19(18)27)14-16-7-9-17(10-8-16)31-20(5-2)23(29)30/h4,6-11,13-14,20,27H,1,5,12H2,2-3H3,(H,29,30)/b21-14-,25-24?. The van der Waals surface area contributed by atoms with Crippen LogP contribution in [0.4, 0.5) is 5.69 Å². The van der Waals surface area contributed by atoms with Crippen LogP contribution in [0.25, 0.3) is 6.08 Å². The van der Waals surface area contributed by atoms with Gasteiger partial charge in [-0.1, -0.05) is 31.2 Å². The van der Waals surface area contributed by atoms with Crippen LogP contribution in [0.15, 0.2) is 65.0 Å². The van der Waals surface area contributed by atoms with Crippen molar-refractivity contribution in [2.75, 3.05) is 6.54 Å². The number of aliphatic carboxylic acids is 1. The van der Waals surface area contributed by atoms with Crippen molar-refractivity contribution in [3.63, 3.8) is 0 Å². The number of hydrogen-bond donors (Lipinski definition) is 2. The molecule has 1 aliphatic rings. The molecule has 166 valence electrons. The zero-order valence-corrected chi connectivity index (χ0v) is 18.6. The monoisotopic (exact) mass is 452 g/mol. The average molecular weight is 453 g/mol. The number of carbonyl (C=O) groups is 2. The van der Waals surface area contributed by atoms with Crippen molar-refractivity contribution in [2.45, 2.75) is 26.4 Å². The number of aromatic hydroxyl groups is 1. The lowest BCUT2D eigenvalue weighted by molar-refractivity contribution is -0.145. The van der Waals surface area contributed by atoms with Gasteiger partial charge in [-0.2, -0.15) is 0 Å². The number of carboxylic acids is 1. The Hall–Kier alpha value is -3.52. The van der Waals surface area contributed by atoms with Crippen molar-refractivity contribution >= 4 is 40.6 Å². The molecule has 1 unspecified atom stereocenters. The van der Waals surface area contributed by atoms with Crippen molar-refractivity contribution in [3.8, 4) is 11.5 Å². The molecule has 1 fully saturated rings. The quantitative estimate of drug-likeness (QED) is 0.444. The van der Waals surface area contributed by atoms with Gasteiger partial charge in [0.15, 0.2) is 11.3 Å². The van der Waals surface area contributed by atoms with Crippen molar-refractivity contribution in [3.05, 3.63) is 71.2 Å². The number of aliphatic imine (C=N–C) groups is 1. The van der Waals surface area contributed by atoms with Crippen LogP contribution < -0.4 is 4.74 Å². The minimum Gasteiger partial charge on any atom is -0.506 e. The van der Waals surface area contributed by atoms with Crippen molar-refractivity contribution < 1.29 is 24.5 Å². The first-order valence-corrected chi connectivity index (χ1v) is 10.8. The number of rotatable bonds is 8. The molecule has 8 heteroatoms. The molecule has 0 aromatic heterocycles. The highest BCUT2D eigenvalue weighted by Crippen LogP contribution is 2.36. The molecule has 7 nitrogen and oxygen atoms in total. The molecule has 1 amide bonds. The maximum atomic E-state index is 12.9. The molecule has 2 aromatic rings. The van der Waals surface area contributed by atoms with E-state index in [1.807, 2.05) is 13.0 Å². The summed E-state index contributed by atoms with van der Waals surface area (Å²) >= 11 is 1.21. The molecule has 3 rings (SSSR count). The van der Waals surface area contributed by atoms with Crippen LogP contribution in [0.2, 0.25) is 0 Å². The number of thioether (sulfide) groups is 1. The van der Waals surface area contributed by atoms with Gasteiger partial charge in [0, 0.05) is 6.54 Å². The summed E-state index contributed by atoms with van der Waals surface area (Å²) in [5.74, 6) is -0.737. The number of phenols is 1. The Kier molecular flexibility index (Phi) is 7.37. The smallest absolute Gasteiger partial charge is 0.344 e. The summed E-state index contributed by atoms with van der Waals surface area (Å²) in [6.07, 6.45) is 2.80. The second-order valence-electron chi connectivity index (χ2n) is 7.12. The molecule has 1 aliphatic heterocycles. The van der Waals surface area contributed by atoms with E-state index in [1.165, 1.54) is 16.7 Å². The highest BCUT2D eigenvalue weighted by molar-refractivity contribution is 8.18.